The number of anilines is 3. The Hall–Kier alpha value is -3.64. The molecule has 4 N–H and O–H groups in total. The zero-order chi connectivity index (χ0) is 26.7. The van der Waals surface area contributed by atoms with Crippen molar-refractivity contribution < 1.29 is 22.7 Å². The van der Waals surface area contributed by atoms with E-state index >= 15 is 0 Å². The van der Waals surface area contributed by atoms with Crippen LogP contribution in [0.5, 0.6) is 0 Å². The molecule has 1 saturated heterocycles. The number of carbonyl (C=O) groups excluding carboxylic acids is 2. The Morgan fingerprint density at radius 2 is 1.61 bits per heavy atom. The van der Waals surface area contributed by atoms with E-state index in [1.165, 1.54) is 24.3 Å². The molecule has 0 aliphatic carbocycles. The summed E-state index contributed by atoms with van der Waals surface area (Å²) < 4.78 is 33.6. The molecule has 0 bridgehead atoms. The SMILES string of the molecule is O=C(NC(=O)c1cc(N2CCOCC2)ccc1Cl)Nc1ccc(S(=O)(=O)Nc2ccc3c(c2)CNC3)cc1. The van der Waals surface area contributed by atoms with Gasteiger partial charge >= 0.3 is 6.03 Å². The fraction of sp³-hybridized carbons (Fsp3) is 0.231. The van der Waals surface area contributed by atoms with E-state index in [2.05, 4.69) is 25.6 Å². The predicted molar refractivity (Wildman–Crippen MR) is 145 cm³/mol. The fourth-order valence-corrected chi connectivity index (χ4v) is 5.58. The molecule has 0 aromatic heterocycles. The summed E-state index contributed by atoms with van der Waals surface area (Å²) in [6.07, 6.45) is 0. The van der Waals surface area contributed by atoms with Crippen molar-refractivity contribution in [1.82, 2.24) is 10.6 Å². The number of sulfonamides is 1. The van der Waals surface area contributed by atoms with Crippen molar-refractivity contribution >= 4 is 50.6 Å². The van der Waals surface area contributed by atoms with E-state index in [0.29, 0.717) is 44.2 Å². The molecule has 10 nitrogen and oxygen atoms in total. The molecule has 2 aliphatic rings. The normalized spacial score (nSPS) is 15.0. The van der Waals surface area contributed by atoms with E-state index in [9.17, 15) is 18.0 Å². The van der Waals surface area contributed by atoms with Crippen LogP contribution >= 0.6 is 11.6 Å². The Labute approximate surface area is 225 Å². The van der Waals surface area contributed by atoms with Crippen molar-refractivity contribution in [2.45, 2.75) is 18.0 Å². The lowest BCUT2D eigenvalue weighted by Gasteiger charge is -2.29. The smallest absolute Gasteiger partial charge is 0.326 e. The number of hydrogen-bond donors (Lipinski definition) is 4. The zero-order valence-corrected chi connectivity index (χ0v) is 21.9. The second-order valence-corrected chi connectivity index (χ2v) is 11.0. The number of amides is 3. The molecule has 198 valence electrons. The Bertz CT molecular complexity index is 1470. The molecule has 0 saturated carbocycles. The first kappa shape index (κ1) is 26.0. The Morgan fingerprint density at radius 1 is 0.895 bits per heavy atom. The van der Waals surface area contributed by atoms with E-state index < -0.39 is 22.0 Å². The summed E-state index contributed by atoms with van der Waals surface area (Å²) in [5.41, 5.74) is 3.97. The average molecular weight is 556 g/mol. The molecular weight excluding hydrogens is 530 g/mol. The van der Waals surface area contributed by atoms with Gasteiger partial charge in [-0.3, -0.25) is 14.8 Å². The summed E-state index contributed by atoms with van der Waals surface area (Å²) in [6, 6.07) is 15.4. The molecule has 1 fully saturated rings. The highest BCUT2D eigenvalue weighted by atomic mass is 35.5. The van der Waals surface area contributed by atoms with Gasteiger partial charge in [0.05, 0.1) is 28.7 Å². The first-order valence-electron chi connectivity index (χ1n) is 12.0. The lowest BCUT2D eigenvalue weighted by Crippen LogP contribution is -2.37. The molecule has 3 amide bonds. The van der Waals surface area contributed by atoms with Crippen molar-refractivity contribution in [3.63, 3.8) is 0 Å². The number of hydrogen-bond acceptors (Lipinski definition) is 7. The largest absolute Gasteiger partial charge is 0.378 e. The Balaban J connectivity index is 1.20. The van der Waals surface area contributed by atoms with Crippen molar-refractivity contribution in [2.75, 3.05) is 41.2 Å². The van der Waals surface area contributed by atoms with Gasteiger partial charge in [0.2, 0.25) is 0 Å². The van der Waals surface area contributed by atoms with Crippen molar-refractivity contribution in [1.29, 1.82) is 0 Å². The first-order chi connectivity index (χ1) is 18.3. The molecule has 38 heavy (non-hydrogen) atoms. The fourth-order valence-electron chi connectivity index (χ4n) is 4.33. The molecule has 0 unspecified atom stereocenters. The van der Waals surface area contributed by atoms with Crippen molar-refractivity contribution in [2.24, 2.45) is 0 Å². The molecule has 0 radical (unpaired) electrons. The van der Waals surface area contributed by atoms with Crippen LogP contribution in [-0.4, -0.2) is 46.7 Å². The number of halogens is 1. The first-order valence-corrected chi connectivity index (χ1v) is 13.8. The van der Waals surface area contributed by atoms with Crippen LogP contribution in [-0.2, 0) is 27.8 Å². The Morgan fingerprint density at radius 3 is 2.37 bits per heavy atom. The van der Waals surface area contributed by atoms with Gasteiger partial charge in [0.1, 0.15) is 0 Å². The number of ether oxygens (including phenoxy) is 1. The second-order valence-electron chi connectivity index (χ2n) is 8.89. The number of nitrogens with one attached hydrogen (secondary N) is 4. The van der Waals surface area contributed by atoms with Gasteiger partial charge in [-0.15, -0.1) is 0 Å². The summed E-state index contributed by atoms with van der Waals surface area (Å²) in [7, 11) is -3.83. The number of nitrogens with zero attached hydrogens (tertiary/aromatic N) is 1. The van der Waals surface area contributed by atoms with Gasteiger partial charge in [-0.1, -0.05) is 17.7 Å². The minimum Gasteiger partial charge on any atom is -0.378 e. The molecule has 3 aromatic carbocycles. The summed E-state index contributed by atoms with van der Waals surface area (Å²) in [6.45, 7) is 4.03. The molecule has 3 aromatic rings. The standard InChI is InChI=1S/C26H26ClN5O5S/c27-24-8-5-21(32-9-11-37-12-10-32)14-23(24)25(33)30-26(34)29-19-3-6-22(7-4-19)38(35,36)31-20-2-1-17-15-28-16-18(17)13-20/h1-8,13-14,28,31H,9-12,15-16H2,(H2,29,30,33,34). The zero-order valence-electron chi connectivity index (χ0n) is 20.3. The number of carbonyl (C=O) groups is 2. The molecule has 0 spiro atoms. The number of benzene rings is 3. The van der Waals surface area contributed by atoms with Crippen LogP contribution in [0.2, 0.25) is 5.02 Å². The monoisotopic (exact) mass is 555 g/mol. The van der Waals surface area contributed by atoms with E-state index in [0.717, 1.165) is 23.4 Å². The highest BCUT2D eigenvalue weighted by Crippen LogP contribution is 2.25. The van der Waals surface area contributed by atoms with Crippen LogP contribution in [0.1, 0.15) is 21.5 Å². The molecule has 2 heterocycles. The van der Waals surface area contributed by atoms with E-state index in [1.54, 1.807) is 18.2 Å². The van der Waals surface area contributed by atoms with Crippen LogP contribution < -0.4 is 25.6 Å². The molecule has 12 heteroatoms. The van der Waals surface area contributed by atoms with Gasteiger partial charge in [0.15, 0.2) is 0 Å². The minimum atomic E-state index is -3.83. The third kappa shape index (κ3) is 5.91. The van der Waals surface area contributed by atoms with Gasteiger partial charge in [0.25, 0.3) is 15.9 Å². The van der Waals surface area contributed by atoms with Crippen molar-refractivity contribution in [3.8, 4) is 0 Å². The Kier molecular flexibility index (Phi) is 7.52. The molecule has 5 rings (SSSR count). The van der Waals surface area contributed by atoms with Gasteiger partial charge in [-0.2, -0.15) is 0 Å². The third-order valence-corrected chi connectivity index (χ3v) is 8.04. The lowest BCUT2D eigenvalue weighted by molar-refractivity contribution is 0.0967. The maximum absolute atomic E-state index is 12.8. The topological polar surface area (TPSA) is 129 Å². The summed E-state index contributed by atoms with van der Waals surface area (Å²) >= 11 is 6.22. The second kappa shape index (κ2) is 11.0. The van der Waals surface area contributed by atoms with Gasteiger partial charge in [-0.05, 0) is 65.7 Å². The van der Waals surface area contributed by atoms with E-state index in [4.69, 9.17) is 16.3 Å². The summed E-state index contributed by atoms with van der Waals surface area (Å²) in [5.74, 6) is -0.657. The van der Waals surface area contributed by atoms with Crippen LogP contribution in [0.25, 0.3) is 0 Å². The van der Waals surface area contributed by atoms with Crippen LogP contribution in [0.15, 0.2) is 65.6 Å². The number of imide groups is 1. The highest BCUT2D eigenvalue weighted by Gasteiger charge is 2.19. The quantitative estimate of drug-likeness (QED) is 0.366. The van der Waals surface area contributed by atoms with Gasteiger partial charge in [0, 0.05) is 43.2 Å². The number of morpholine rings is 1. The minimum absolute atomic E-state index is 0.0323. The van der Waals surface area contributed by atoms with Crippen LogP contribution in [0, 0.1) is 0 Å². The summed E-state index contributed by atoms with van der Waals surface area (Å²) in [4.78, 5) is 27.3. The third-order valence-electron chi connectivity index (χ3n) is 6.31. The van der Waals surface area contributed by atoms with Crippen LogP contribution in [0.4, 0.5) is 21.9 Å². The summed E-state index contributed by atoms with van der Waals surface area (Å²) in [5, 5.41) is 8.23. The molecule has 0 atom stereocenters. The van der Waals surface area contributed by atoms with Gasteiger partial charge in [-0.25, -0.2) is 13.2 Å². The maximum Gasteiger partial charge on any atom is 0.326 e. The lowest BCUT2D eigenvalue weighted by atomic mass is 10.1. The van der Waals surface area contributed by atoms with E-state index in [-0.39, 0.29) is 15.5 Å². The molecular formula is C26H26ClN5O5S. The van der Waals surface area contributed by atoms with Gasteiger partial charge < -0.3 is 20.3 Å². The predicted octanol–water partition coefficient (Wildman–Crippen LogP) is 3.54. The number of fused-ring (bicyclic) bond motifs is 1. The van der Waals surface area contributed by atoms with Crippen molar-refractivity contribution in [3.05, 3.63) is 82.4 Å². The highest BCUT2D eigenvalue weighted by molar-refractivity contribution is 7.92. The number of urea groups is 1. The molecule has 2 aliphatic heterocycles. The average Bonchev–Trinajstić information content (AvgIpc) is 3.37. The number of rotatable bonds is 6. The van der Waals surface area contributed by atoms with Crippen LogP contribution in [0.3, 0.4) is 0 Å². The maximum atomic E-state index is 12.8. The van der Waals surface area contributed by atoms with E-state index in [1.807, 2.05) is 18.2 Å².